The molecule has 6 heteroatoms. The summed E-state index contributed by atoms with van der Waals surface area (Å²) in [5.74, 6) is 2.74. The van der Waals surface area contributed by atoms with E-state index >= 15 is 0 Å². The van der Waals surface area contributed by atoms with Gasteiger partial charge in [0.2, 0.25) is 5.91 Å². The van der Waals surface area contributed by atoms with Gasteiger partial charge in [-0.25, -0.2) is 9.97 Å². The smallest absolute Gasteiger partial charge is 0.222 e. The summed E-state index contributed by atoms with van der Waals surface area (Å²) in [5, 5.41) is 3.32. The minimum atomic E-state index is 0.287. The maximum absolute atomic E-state index is 12.2. The van der Waals surface area contributed by atoms with Crippen LogP contribution in [0.3, 0.4) is 0 Å². The van der Waals surface area contributed by atoms with Crippen LogP contribution in [0.2, 0.25) is 0 Å². The fourth-order valence-electron chi connectivity index (χ4n) is 3.44. The topological polar surface area (TPSA) is 61.4 Å². The Hall–Kier alpha value is -1.85. The van der Waals surface area contributed by atoms with Crippen molar-refractivity contribution < 1.29 is 4.79 Å². The first-order valence-corrected chi connectivity index (χ1v) is 9.76. The molecule has 2 heterocycles. The van der Waals surface area contributed by atoms with Gasteiger partial charge in [-0.15, -0.1) is 0 Å². The van der Waals surface area contributed by atoms with Crippen LogP contribution < -0.4 is 10.2 Å². The molecule has 1 N–H and O–H groups in total. The van der Waals surface area contributed by atoms with Crippen molar-refractivity contribution in [3.05, 3.63) is 12.4 Å². The van der Waals surface area contributed by atoms with Crippen molar-refractivity contribution in [3.63, 3.8) is 0 Å². The van der Waals surface area contributed by atoms with E-state index in [4.69, 9.17) is 0 Å². The number of anilines is 2. The summed E-state index contributed by atoms with van der Waals surface area (Å²) < 4.78 is 0. The summed E-state index contributed by atoms with van der Waals surface area (Å²) in [5.41, 5.74) is 0. The molecular formula is C19H33N5O. The molecule has 0 saturated carbocycles. The third-order valence-corrected chi connectivity index (χ3v) is 4.93. The average molecular weight is 348 g/mol. The molecule has 0 aromatic carbocycles. The SMILES string of the molecule is CCCNc1cc(N2CCC[C@H](CCC(=O)N(CC)CC)C2)ncn1. The van der Waals surface area contributed by atoms with Crippen LogP contribution in [0, 0.1) is 5.92 Å². The van der Waals surface area contributed by atoms with Gasteiger partial charge in [-0.2, -0.15) is 0 Å². The highest BCUT2D eigenvalue weighted by Gasteiger charge is 2.22. The van der Waals surface area contributed by atoms with Gasteiger partial charge >= 0.3 is 0 Å². The fourth-order valence-corrected chi connectivity index (χ4v) is 3.44. The number of piperidine rings is 1. The standard InChI is InChI=1S/C19H33N5O/c1-4-11-20-17-13-18(22-15-21-17)24-12-7-8-16(14-24)9-10-19(25)23(5-2)6-3/h13,15-16H,4-12,14H2,1-3H3,(H,20,21,22)/t16-/m1/s1. The highest BCUT2D eigenvalue weighted by molar-refractivity contribution is 5.76. The van der Waals surface area contributed by atoms with Gasteiger partial charge in [0.1, 0.15) is 18.0 Å². The second-order valence-electron chi connectivity index (χ2n) is 6.75. The molecule has 140 valence electrons. The Bertz CT molecular complexity index is 532. The van der Waals surface area contributed by atoms with Crippen LogP contribution in [-0.2, 0) is 4.79 Å². The van der Waals surface area contributed by atoms with Crippen molar-refractivity contribution in [2.24, 2.45) is 5.92 Å². The molecule has 1 aromatic heterocycles. The molecular weight excluding hydrogens is 314 g/mol. The summed E-state index contributed by atoms with van der Waals surface area (Å²) >= 11 is 0. The number of rotatable bonds is 9. The molecule has 1 aliphatic rings. The van der Waals surface area contributed by atoms with Crippen LogP contribution >= 0.6 is 0 Å². The lowest BCUT2D eigenvalue weighted by Crippen LogP contribution is -2.37. The van der Waals surface area contributed by atoms with Crippen molar-refractivity contribution in [2.75, 3.05) is 42.9 Å². The predicted octanol–water partition coefficient (Wildman–Crippen LogP) is 3.16. The molecule has 1 fully saturated rings. The first-order chi connectivity index (χ1) is 12.2. The second kappa shape index (κ2) is 10.2. The summed E-state index contributed by atoms with van der Waals surface area (Å²) in [6.45, 7) is 10.8. The lowest BCUT2D eigenvalue weighted by Gasteiger charge is -2.34. The summed E-state index contributed by atoms with van der Waals surface area (Å²) in [6.07, 6.45) is 6.71. The van der Waals surface area contributed by atoms with Gasteiger partial charge in [-0.05, 0) is 45.4 Å². The highest BCUT2D eigenvalue weighted by atomic mass is 16.2. The molecule has 1 amide bonds. The van der Waals surface area contributed by atoms with E-state index in [2.05, 4.69) is 27.1 Å². The maximum Gasteiger partial charge on any atom is 0.222 e. The zero-order chi connectivity index (χ0) is 18.1. The van der Waals surface area contributed by atoms with Crippen LogP contribution in [0.25, 0.3) is 0 Å². The zero-order valence-electron chi connectivity index (χ0n) is 16.0. The number of hydrogen-bond donors (Lipinski definition) is 1. The minimum absolute atomic E-state index is 0.287. The predicted molar refractivity (Wildman–Crippen MR) is 103 cm³/mol. The molecule has 0 radical (unpaired) electrons. The number of carbonyl (C=O) groups is 1. The first-order valence-electron chi connectivity index (χ1n) is 9.76. The van der Waals surface area contributed by atoms with E-state index in [9.17, 15) is 4.79 Å². The van der Waals surface area contributed by atoms with Gasteiger partial charge in [-0.1, -0.05) is 6.92 Å². The van der Waals surface area contributed by atoms with E-state index in [0.717, 1.165) is 63.6 Å². The largest absolute Gasteiger partial charge is 0.370 e. The molecule has 0 unspecified atom stereocenters. The number of carbonyl (C=O) groups excluding carboxylic acids is 1. The van der Waals surface area contributed by atoms with Crippen LogP contribution in [0.15, 0.2) is 12.4 Å². The number of nitrogens with one attached hydrogen (secondary N) is 1. The van der Waals surface area contributed by atoms with E-state index in [1.54, 1.807) is 6.33 Å². The summed E-state index contributed by atoms with van der Waals surface area (Å²) in [4.78, 5) is 25.2. The highest BCUT2D eigenvalue weighted by Crippen LogP contribution is 2.25. The van der Waals surface area contributed by atoms with Crippen LogP contribution in [-0.4, -0.2) is 53.5 Å². The van der Waals surface area contributed by atoms with Gasteiger partial charge in [0.25, 0.3) is 0 Å². The number of hydrogen-bond acceptors (Lipinski definition) is 5. The van der Waals surface area contributed by atoms with Crippen LogP contribution in [0.5, 0.6) is 0 Å². The van der Waals surface area contributed by atoms with Crippen molar-refractivity contribution >= 4 is 17.5 Å². The van der Waals surface area contributed by atoms with E-state index in [-0.39, 0.29) is 5.91 Å². The normalized spacial score (nSPS) is 17.4. The van der Waals surface area contributed by atoms with Crippen molar-refractivity contribution in [3.8, 4) is 0 Å². The van der Waals surface area contributed by atoms with Gasteiger partial charge in [0.05, 0.1) is 0 Å². The Kier molecular flexibility index (Phi) is 7.95. The molecule has 0 bridgehead atoms. The molecule has 1 aliphatic heterocycles. The Morgan fingerprint density at radius 3 is 2.84 bits per heavy atom. The van der Waals surface area contributed by atoms with E-state index in [1.807, 2.05) is 24.8 Å². The molecule has 1 saturated heterocycles. The van der Waals surface area contributed by atoms with Crippen LogP contribution in [0.4, 0.5) is 11.6 Å². The quantitative estimate of drug-likeness (QED) is 0.743. The maximum atomic E-state index is 12.2. The van der Waals surface area contributed by atoms with Gasteiger partial charge < -0.3 is 15.1 Å². The third-order valence-electron chi connectivity index (χ3n) is 4.93. The third kappa shape index (κ3) is 5.87. The lowest BCUT2D eigenvalue weighted by atomic mass is 9.93. The Balaban J connectivity index is 1.89. The van der Waals surface area contributed by atoms with E-state index < -0.39 is 0 Å². The van der Waals surface area contributed by atoms with Crippen molar-refractivity contribution in [1.29, 1.82) is 0 Å². The molecule has 6 nitrogen and oxygen atoms in total. The molecule has 1 atom stereocenters. The number of nitrogens with zero attached hydrogens (tertiary/aromatic N) is 4. The Morgan fingerprint density at radius 1 is 1.32 bits per heavy atom. The average Bonchev–Trinajstić information content (AvgIpc) is 2.66. The molecule has 1 aromatic rings. The monoisotopic (exact) mass is 347 g/mol. The number of amides is 1. The fraction of sp³-hybridized carbons (Fsp3) is 0.737. The Morgan fingerprint density at radius 2 is 2.12 bits per heavy atom. The molecule has 25 heavy (non-hydrogen) atoms. The van der Waals surface area contributed by atoms with Gasteiger partial charge in [-0.3, -0.25) is 4.79 Å². The minimum Gasteiger partial charge on any atom is -0.370 e. The molecule has 2 rings (SSSR count). The zero-order valence-corrected chi connectivity index (χ0v) is 16.0. The Labute approximate surface area is 152 Å². The van der Waals surface area contributed by atoms with Gasteiger partial charge in [0.15, 0.2) is 0 Å². The van der Waals surface area contributed by atoms with Gasteiger partial charge in [0, 0.05) is 45.2 Å². The lowest BCUT2D eigenvalue weighted by molar-refractivity contribution is -0.131. The summed E-state index contributed by atoms with van der Waals surface area (Å²) in [6, 6.07) is 2.04. The van der Waals surface area contributed by atoms with Crippen LogP contribution in [0.1, 0.15) is 52.9 Å². The first kappa shape index (κ1) is 19.5. The van der Waals surface area contributed by atoms with Crippen molar-refractivity contribution in [2.45, 2.75) is 52.9 Å². The second-order valence-corrected chi connectivity index (χ2v) is 6.75. The summed E-state index contributed by atoms with van der Waals surface area (Å²) in [7, 11) is 0. The molecule has 0 spiro atoms. The van der Waals surface area contributed by atoms with E-state index in [0.29, 0.717) is 12.3 Å². The van der Waals surface area contributed by atoms with Crippen molar-refractivity contribution in [1.82, 2.24) is 14.9 Å². The number of aromatic nitrogens is 2. The molecule has 0 aliphatic carbocycles. The van der Waals surface area contributed by atoms with E-state index in [1.165, 1.54) is 6.42 Å².